The number of amides is 1. The maximum atomic E-state index is 12.1. The standard InChI is InChI=1S/C16H14N4O5/c1-8-6-11(19-24-8)15(21)18-9(2)14-12(16(22)23)13(20-25-14)10-4-3-5-17-7-10/h3-7,9H,1-2H3,(H,18,21)(H,22,23). The van der Waals surface area contributed by atoms with E-state index in [0.717, 1.165) is 0 Å². The maximum absolute atomic E-state index is 12.1. The minimum atomic E-state index is -1.21. The van der Waals surface area contributed by atoms with Crippen LogP contribution in [0.2, 0.25) is 0 Å². The van der Waals surface area contributed by atoms with Gasteiger partial charge in [0.1, 0.15) is 17.0 Å². The van der Waals surface area contributed by atoms with Gasteiger partial charge in [-0.15, -0.1) is 0 Å². The summed E-state index contributed by atoms with van der Waals surface area (Å²) in [6, 6.07) is 4.06. The summed E-state index contributed by atoms with van der Waals surface area (Å²) in [4.78, 5) is 27.8. The highest BCUT2D eigenvalue weighted by Crippen LogP contribution is 2.28. The van der Waals surface area contributed by atoms with E-state index in [1.807, 2.05) is 0 Å². The minimum Gasteiger partial charge on any atom is -0.477 e. The number of hydrogen-bond acceptors (Lipinski definition) is 7. The number of aromatic nitrogens is 3. The van der Waals surface area contributed by atoms with E-state index in [0.29, 0.717) is 11.3 Å². The van der Waals surface area contributed by atoms with Crippen LogP contribution in [0.4, 0.5) is 0 Å². The molecule has 0 bridgehead atoms. The lowest BCUT2D eigenvalue weighted by molar-refractivity contribution is 0.0692. The first-order valence-corrected chi connectivity index (χ1v) is 7.34. The second kappa shape index (κ2) is 6.56. The lowest BCUT2D eigenvalue weighted by Crippen LogP contribution is -2.27. The van der Waals surface area contributed by atoms with Crippen molar-refractivity contribution in [1.29, 1.82) is 0 Å². The van der Waals surface area contributed by atoms with Crippen molar-refractivity contribution >= 4 is 11.9 Å². The maximum Gasteiger partial charge on any atom is 0.341 e. The molecule has 1 amide bonds. The number of rotatable bonds is 5. The third kappa shape index (κ3) is 3.25. The van der Waals surface area contributed by atoms with Crippen LogP contribution in [0.5, 0.6) is 0 Å². The zero-order valence-corrected chi connectivity index (χ0v) is 13.4. The van der Waals surface area contributed by atoms with Crippen LogP contribution in [0.15, 0.2) is 39.6 Å². The minimum absolute atomic E-state index is 0.0277. The van der Waals surface area contributed by atoms with Crippen LogP contribution in [0.25, 0.3) is 11.3 Å². The molecule has 128 valence electrons. The molecule has 0 radical (unpaired) electrons. The van der Waals surface area contributed by atoms with E-state index in [4.69, 9.17) is 9.05 Å². The molecule has 0 saturated heterocycles. The Balaban J connectivity index is 1.90. The Kier molecular flexibility index (Phi) is 4.29. The fourth-order valence-corrected chi connectivity index (χ4v) is 2.31. The van der Waals surface area contributed by atoms with Gasteiger partial charge in [-0.05, 0) is 26.0 Å². The molecule has 3 heterocycles. The van der Waals surface area contributed by atoms with Crippen molar-refractivity contribution in [3.05, 3.63) is 53.4 Å². The van der Waals surface area contributed by atoms with Gasteiger partial charge in [0.05, 0.1) is 6.04 Å². The number of carboxylic acids is 1. The molecule has 3 aromatic rings. The third-order valence-corrected chi connectivity index (χ3v) is 3.47. The zero-order chi connectivity index (χ0) is 18.0. The largest absolute Gasteiger partial charge is 0.477 e. The summed E-state index contributed by atoms with van der Waals surface area (Å²) in [5.41, 5.74) is 0.611. The molecule has 0 saturated carbocycles. The summed E-state index contributed by atoms with van der Waals surface area (Å²) >= 11 is 0. The summed E-state index contributed by atoms with van der Waals surface area (Å²) in [6.07, 6.45) is 3.04. The van der Waals surface area contributed by atoms with Crippen molar-refractivity contribution in [3.63, 3.8) is 0 Å². The van der Waals surface area contributed by atoms with Crippen molar-refractivity contribution in [1.82, 2.24) is 20.6 Å². The molecule has 9 nitrogen and oxygen atoms in total. The van der Waals surface area contributed by atoms with Gasteiger partial charge >= 0.3 is 5.97 Å². The summed E-state index contributed by atoms with van der Waals surface area (Å²) < 4.78 is 10.0. The first-order chi connectivity index (χ1) is 12.0. The number of aryl methyl sites for hydroxylation is 1. The number of carboxylic acid groups (broad SMARTS) is 1. The smallest absolute Gasteiger partial charge is 0.341 e. The highest BCUT2D eigenvalue weighted by Gasteiger charge is 2.28. The van der Waals surface area contributed by atoms with Gasteiger partial charge in [0.25, 0.3) is 5.91 Å². The van der Waals surface area contributed by atoms with Crippen molar-refractivity contribution in [2.45, 2.75) is 19.9 Å². The van der Waals surface area contributed by atoms with Gasteiger partial charge in [-0.2, -0.15) is 0 Å². The molecule has 0 aliphatic heterocycles. The van der Waals surface area contributed by atoms with E-state index in [1.54, 1.807) is 32.2 Å². The number of hydrogen-bond donors (Lipinski definition) is 2. The number of carbonyl (C=O) groups excluding carboxylic acids is 1. The van der Waals surface area contributed by atoms with Crippen LogP contribution in [0, 0.1) is 6.92 Å². The molecular formula is C16H14N4O5. The summed E-state index contributed by atoms with van der Waals surface area (Å²) in [6.45, 7) is 3.25. The number of nitrogens with one attached hydrogen (secondary N) is 1. The second-order valence-electron chi connectivity index (χ2n) is 5.34. The van der Waals surface area contributed by atoms with Crippen molar-refractivity contribution in [2.24, 2.45) is 0 Å². The van der Waals surface area contributed by atoms with Gasteiger partial charge in [0.15, 0.2) is 11.5 Å². The van der Waals surface area contributed by atoms with Crippen LogP contribution in [0.1, 0.15) is 45.3 Å². The number of nitrogens with zero attached hydrogens (tertiary/aromatic N) is 3. The van der Waals surface area contributed by atoms with E-state index in [-0.39, 0.29) is 22.7 Å². The molecule has 0 fully saturated rings. The van der Waals surface area contributed by atoms with Gasteiger partial charge in [0, 0.05) is 24.0 Å². The average Bonchev–Trinajstić information content (AvgIpc) is 3.22. The van der Waals surface area contributed by atoms with E-state index in [1.165, 1.54) is 12.3 Å². The second-order valence-corrected chi connectivity index (χ2v) is 5.34. The normalized spacial score (nSPS) is 11.9. The Bertz CT molecular complexity index is 916. The highest BCUT2D eigenvalue weighted by molar-refractivity contribution is 5.96. The average molecular weight is 342 g/mol. The van der Waals surface area contributed by atoms with Crippen LogP contribution in [0.3, 0.4) is 0 Å². The summed E-state index contributed by atoms with van der Waals surface area (Å²) in [5, 5.41) is 19.6. The summed E-state index contributed by atoms with van der Waals surface area (Å²) in [5.74, 6) is -1.21. The molecule has 0 aromatic carbocycles. The molecule has 2 N–H and O–H groups in total. The zero-order valence-electron chi connectivity index (χ0n) is 13.4. The van der Waals surface area contributed by atoms with Gasteiger partial charge in [-0.1, -0.05) is 10.3 Å². The molecule has 1 atom stereocenters. The SMILES string of the molecule is Cc1cc(C(=O)NC(C)c2onc(-c3cccnc3)c2C(=O)O)no1. The molecule has 0 aliphatic carbocycles. The Hall–Kier alpha value is -3.49. The molecule has 25 heavy (non-hydrogen) atoms. The Morgan fingerprint density at radius 1 is 1.28 bits per heavy atom. The molecular weight excluding hydrogens is 328 g/mol. The van der Waals surface area contributed by atoms with Crippen LogP contribution in [-0.4, -0.2) is 32.3 Å². The fraction of sp³-hybridized carbons (Fsp3) is 0.188. The Labute approximate surface area is 141 Å². The molecule has 3 rings (SSSR count). The van der Waals surface area contributed by atoms with Crippen LogP contribution < -0.4 is 5.32 Å². The van der Waals surface area contributed by atoms with Gasteiger partial charge in [-0.25, -0.2) is 4.79 Å². The van der Waals surface area contributed by atoms with E-state index >= 15 is 0 Å². The predicted octanol–water partition coefficient (Wildman–Crippen LogP) is 2.22. The van der Waals surface area contributed by atoms with Gasteiger partial charge < -0.3 is 19.5 Å². The quantitative estimate of drug-likeness (QED) is 0.721. The predicted molar refractivity (Wildman–Crippen MR) is 83.8 cm³/mol. The van der Waals surface area contributed by atoms with E-state index in [9.17, 15) is 14.7 Å². The topological polar surface area (TPSA) is 131 Å². The Morgan fingerprint density at radius 3 is 2.68 bits per heavy atom. The lowest BCUT2D eigenvalue weighted by atomic mass is 10.0. The van der Waals surface area contributed by atoms with E-state index in [2.05, 4.69) is 20.6 Å². The molecule has 3 aromatic heterocycles. The molecule has 1 unspecified atom stereocenters. The number of carbonyl (C=O) groups is 2. The molecule has 9 heteroatoms. The third-order valence-electron chi connectivity index (χ3n) is 3.47. The number of aromatic carboxylic acids is 1. The van der Waals surface area contributed by atoms with Gasteiger partial charge in [0.2, 0.25) is 0 Å². The highest BCUT2D eigenvalue weighted by atomic mass is 16.5. The van der Waals surface area contributed by atoms with Crippen molar-refractivity contribution in [3.8, 4) is 11.3 Å². The van der Waals surface area contributed by atoms with Crippen molar-refractivity contribution in [2.75, 3.05) is 0 Å². The molecule has 0 aliphatic rings. The monoisotopic (exact) mass is 342 g/mol. The molecule has 0 spiro atoms. The fourth-order valence-electron chi connectivity index (χ4n) is 2.31. The number of pyridine rings is 1. The van der Waals surface area contributed by atoms with Gasteiger partial charge in [-0.3, -0.25) is 9.78 Å². The van der Waals surface area contributed by atoms with Crippen LogP contribution in [-0.2, 0) is 0 Å². The first kappa shape index (κ1) is 16.4. The Morgan fingerprint density at radius 2 is 2.08 bits per heavy atom. The van der Waals surface area contributed by atoms with E-state index < -0.39 is 17.9 Å². The lowest BCUT2D eigenvalue weighted by Gasteiger charge is -2.10. The summed E-state index contributed by atoms with van der Waals surface area (Å²) in [7, 11) is 0. The first-order valence-electron chi connectivity index (χ1n) is 7.34. The van der Waals surface area contributed by atoms with Crippen molar-refractivity contribution < 1.29 is 23.7 Å². The van der Waals surface area contributed by atoms with Crippen LogP contribution >= 0.6 is 0 Å².